The lowest BCUT2D eigenvalue weighted by Gasteiger charge is -2.46. The Morgan fingerprint density at radius 3 is 0.942 bits per heavy atom. The molecule has 5 rings (SSSR count). The second kappa shape index (κ2) is 25.7. The molecule has 86 heavy (non-hydrogen) atoms. The van der Waals surface area contributed by atoms with Gasteiger partial charge < -0.3 is 47.4 Å². The molecule has 12 atom stereocenters. The fourth-order valence-corrected chi connectivity index (χ4v) is 9.09. The number of ether oxygens (including phenoxy) is 10. The summed E-state index contributed by atoms with van der Waals surface area (Å²) in [6.07, 6.45) is -12.1. The van der Waals surface area contributed by atoms with Crippen molar-refractivity contribution in [1.29, 1.82) is 0 Å². The molecule has 2 saturated heterocycles. The summed E-state index contributed by atoms with van der Waals surface area (Å²) in [5.41, 5.74) is -4.12. The van der Waals surface area contributed by atoms with Gasteiger partial charge in [-0.05, 0) is 219 Å². The van der Waals surface area contributed by atoms with Gasteiger partial charge in [-0.25, -0.2) is 0 Å². The molecule has 2 aliphatic heterocycles. The van der Waals surface area contributed by atoms with Crippen molar-refractivity contribution in [2.75, 3.05) is 13.2 Å². The lowest BCUT2D eigenvalue weighted by molar-refractivity contribution is -0.262. The zero-order valence-corrected chi connectivity index (χ0v) is 55.9. The second-order valence-electron chi connectivity index (χ2n) is 31.8. The third-order valence-corrected chi connectivity index (χ3v) is 14.9. The van der Waals surface area contributed by atoms with Crippen LogP contribution in [0.5, 0.6) is 0 Å². The van der Waals surface area contributed by atoms with Crippen LogP contribution in [-0.2, 0) is 85.7 Å². The van der Waals surface area contributed by atoms with E-state index < -0.39 is 152 Å². The second-order valence-corrected chi connectivity index (χ2v) is 31.8. The van der Waals surface area contributed by atoms with E-state index in [0.29, 0.717) is 11.1 Å². The van der Waals surface area contributed by atoms with Gasteiger partial charge in [-0.2, -0.15) is 0 Å². The van der Waals surface area contributed by atoms with Crippen LogP contribution in [0.3, 0.4) is 0 Å². The summed E-state index contributed by atoms with van der Waals surface area (Å²) in [7, 11) is 0. The van der Waals surface area contributed by atoms with Crippen LogP contribution >= 0.6 is 0 Å². The Morgan fingerprint density at radius 2 is 0.616 bits per heavy atom. The van der Waals surface area contributed by atoms with Crippen LogP contribution in [-0.4, -0.2) is 110 Å². The minimum absolute atomic E-state index is 0.0504. The van der Waals surface area contributed by atoms with Gasteiger partial charge in [0.15, 0.2) is 36.6 Å². The number of benzene rings is 2. The van der Waals surface area contributed by atoms with Crippen molar-refractivity contribution in [2.24, 2.45) is 43.3 Å². The van der Waals surface area contributed by atoms with Gasteiger partial charge in [-0.3, -0.25) is 38.4 Å². The highest BCUT2D eigenvalue weighted by molar-refractivity contribution is 5.80. The summed E-state index contributed by atoms with van der Waals surface area (Å²) in [6.45, 7) is 41.6. The number of hydrogen-bond donors (Lipinski definition) is 0. The number of carbonyl (C=O) groups is 8. The molecular formula is C68H100O18. The van der Waals surface area contributed by atoms with E-state index in [9.17, 15) is 38.4 Å². The van der Waals surface area contributed by atoms with Crippen LogP contribution in [0.1, 0.15) is 224 Å². The Bertz CT molecular complexity index is 2810. The first-order chi connectivity index (χ1) is 38.9. The molecule has 2 aromatic rings. The minimum atomic E-state index is -1.42. The van der Waals surface area contributed by atoms with E-state index >= 15 is 0 Å². The van der Waals surface area contributed by atoms with Crippen molar-refractivity contribution < 1.29 is 85.7 Å². The van der Waals surface area contributed by atoms with E-state index in [4.69, 9.17) is 47.4 Å². The number of rotatable bonds is 14. The van der Waals surface area contributed by atoms with E-state index in [-0.39, 0.29) is 25.0 Å². The number of esters is 8. The number of hydrogen-bond acceptors (Lipinski definition) is 18. The molecule has 2 unspecified atom stereocenters. The van der Waals surface area contributed by atoms with Crippen molar-refractivity contribution in [3.8, 4) is 0 Å². The number of aryl methyl sites for hydroxylation is 1. The van der Waals surface area contributed by atoms with Crippen molar-refractivity contribution in [2.45, 2.75) is 252 Å². The van der Waals surface area contributed by atoms with Crippen LogP contribution in [0.4, 0.5) is 0 Å². The van der Waals surface area contributed by atoms with Crippen molar-refractivity contribution >= 4 is 47.8 Å². The average molecular weight is 1210 g/mol. The van der Waals surface area contributed by atoms with E-state index in [0.717, 1.165) is 23.1 Å². The van der Waals surface area contributed by atoms with Crippen LogP contribution in [0.2, 0.25) is 0 Å². The Kier molecular flexibility index (Phi) is 21.2. The third kappa shape index (κ3) is 17.9. The van der Waals surface area contributed by atoms with Crippen LogP contribution < -0.4 is 0 Å². The van der Waals surface area contributed by atoms with Gasteiger partial charge in [0, 0.05) is 0 Å². The Hall–Kier alpha value is -5.88. The molecular weight excluding hydrogens is 1100 g/mol. The Morgan fingerprint density at radius 1 is 0.349 bits per heavy atom. The van der Waals surface area contributed by atoms with Gasteiger partial charge in [0.05, 0.1) is 43.3 Å². The van der Waals surface area contributed by atoms with Gasteiger partial charge in [-0.15, -0.1) is 0 Å². The normalized spacial score (nSPS) is 25.8. The molecule has 0 N–H and O–H groups in total. The lowest BCUT2D eigenvalue weighted by Crippen LogP contribution is -2.61. The maximum absolute atomic E-state index is 14.0. The van der Waals surface area contributed by atoms with Crippen LogP contribution in [0.15, 0.2) is 42.5 Å². The number of carbonyl (C=O) groups excluding carboxylic acids is 8. The molecule has 3 aliphatic rings. The smallest absolute Gasteiger partial charge is 0.311 e. The van der Waals surface area contributed by atoms with Gasteiger partial charge in [0.25, 0.3) is 0 Å². The third-order valence-electron chi connectivity index (χ3n) is 14.9. The Balaban J connectivity index is 1.58. The fraction of sp³-hybridized carbons (Fsp3) is 0.706. The summed E-state index contributed by atoms with van der Waals surface area (Å²) in [6, 6.07) is 13.5. The molecule has 2 aromatic carbocycles. The molecule has 18 heteroatoms. The Labute approximate surface area is 510 Å². The molecule has 480 valence electrons. The SMILES string of the molecule is Cc1cc(C2CC2c2ccc([C@H]3O[C@H](COC(=O)C(C)(C)C)[C@@H](OC(=O)C(C)(C)C)[C@H](OC(=O)C(C)(C)C)[C@@H]3OC(=O)C(C)(C)C)cc2)ccc1[C@H]1O[C@H](COC(=O)C(C)(C)C)[C@@H](OC(=O)C(C)(C)C)[C@H](OC(=O)C(C)(C)C)[C@@H]1OC(=O)C(C)(C)C. The summed E-state index contributed by atoms with van der Waals surface area (Å²) in [4.78, 5) is 110. The van der Waals surface area contributed by atoms with E-state index in [1.807, 2.05) is 49.4 Å². The van der Waals surface area contributed by atoms with Gasteiger partial charge in [0.2, 0.25) is 0 Å². The first kappa shape index (κ1) is 70.9. The molecule has 0 aromatic heterocycles. The lowest BCUT2D eigenvalue weighted by atomic mass is 9.86. The van der Waals surface area contributed by atoms with Gasteiger partial charge >= 0.3 is 47.8 Å². The molecule has 1 saturated carbocycles. The molecule has 18 nitrogen and oxygen atoms in total. The van der Waals surface area contributed by atoms with Crippen molar-refractivity contribution in [1.82, 2.24) is 0 Å². The maximum atomic E-state index is 14.0. The predicted octanol–water partition coefficient (Wildman–Crippen LogP) is 12.1. The van der Waals surface area contributed by atoms with E-state index in [2.05, 4.69) is 0 Å². The monoisotopic (exact) mass is 1200 g/mol. The maximum Gasteiger partial charge on any atom is 0.311 e. The molecule has 1 aliphatic carbocycles. The van der Waals surface area contributed by atoms with Crippen LogP contribution in [0.25, 0.3) is 0 Å². The predicted molar refractivity (Wildman–Crippen MR) is 320 cm³/mol. The molecule has 0 bridgehead atoms. The topological polar surface area (TPSA) is 229 Å². The first-order valence-corrected chi connectivity index (χ1v) is 30.0. The molecule has 2 heterocycles. The van der Waals surface area contributed by atoms with Gasteiger partial charge in [0.1, 0.15) is 37.6 Å². The van der Waals surface area contributed by atoms with E-state index in [1.165, 1.54) is 0 Å². The zero-order chi connectivity index (χ0) is 65.6. The van der Waals surface area contributed by atoms with Gasteiger partial charge in [-0.1, -0.05) is 42.5 Å². The van der Waals surface area contributed by atoms with E-state index in [1.54, 1.807) is 166 Å². The van der Waals surface area contributed by atoms with Crippen molar-refractivity contribution in [3.63, 3.8) is 0 Å². The van der Waals surface area contributed by atoms with Crippen molar-refractivity contribution in [3.05, 3.63) is 70.3 Å². The summed E-state index contributed by atoms with van der Waals surface area (Å²) in [5, 5.41) is 0. The minimum Gasteiger partial charge on any atom is -0.462 e. The molecule has 0 spiro atoms. The molecule has 0 amide bonds. The van der Waals surface area contributed by atoms with Crippen LogP contribution in [0, 0.1) is 50.2 Å². The zero-order valence-electron chi connectivity index (χ0n) is 55.9. The largest absolute Gasteiger partial charge is 0.462 e. The summed E-state index contributed by atoms with van der Waals surface area (Å²) in [5.74, 6) is -4.85. The fourth-order valence-electron chi connectivity index (χ4n) is 9.09. The summed E-state index contributed by atoms with van der Waals surface area (Å²) >= 11 is 0. The highest BCUT2D eigenvalue weighted by Crippen LogP contribution is 2.55. The summed E-state index contributed by atoms with van der Waals surface area (Å²) < 4.78 is 63.0. The highest BCUT2D eigenvalue weighted by atomic mass is 16.7. The first-order valence-electron chi connectivity index (χ1n) is 30.0. The average Bonchev–Trinajstić information content (AvgIpc) is 1.16. The quantitative estimate of drug-likeness (QED) is 0.126. The highest BCUT2D eigenvalue weighted by Gasteiger charge is 2.57. The molecule has 0 radical (unpaired) electrons. The standard InChI is InChI=1S/C68H100O18/c1-36-32-39(30-31-40(36)46-50(84-58(74)66(17,18)19)52(86-60(76)68(23,24)25)48(82-56(72)64(11,12)13)44(80-46)35-78-54(70)62(5,6)7)42-33-41(42)37-26-28-38(29-27-37)45-49(83-57(73)65(14,15)16)51(85-59(75)67(20,21)22)47(81-55(71)63(8,9)10)43(79-45)34-77-53(69)61(2,3)4/h26-32,41-52H,33-35H2,1-25H3/t41?,42?,43-,44-,45-,46-,47-,48-,49-,50-,51+,52+/m1/s1. The molecule has 3 fully saturated rings.